The minimum atomic E-state index is -0.414. The number of imidazole rings is 1. The molecule has 0 unspecified atom stereocenters. The lowest BCUT2D eigenvalue weighted by Crippen LogP contribution is -2.41. The smallest absolute Gasteiger partial charge is 0.246 e. The molecular weight excluding hydrogens is 240 g/mol. The van der Waals surface area contributed by atoms with Crippen LogP contribution in [0.4, 0.5) is 0 Å². The number of aromatic nitrogens is 2. The van der Waals surface area contributed by atoms with E-state index in [9.17, 15) is 4.79 Å². The maximum absolute atomic E-state index is 12.2. The fourth-order valence-electron chi connectivity index (χ4n) is 2.71. The predicted molar refractivity (Wildman–Crippen MR) is 73.3 cm³/mol. The third-order valence-corrected chi connectivity index (χ3v) is 4.14. The molecule has 19 heavy (non-hydrogen) atoms. The second-order valence-electron chi connectivity index (χ2n) is 5.42. The molecule has 1 aliphatic rings. The van der Waals surface area contributed by atoms with Crippen LogP contribution in [0.25, 0.3) is 11.0 Å². The van der Waals surface area contributed by atoms with Gasteiger partial charge in [0.1, 0.15) is 5.82 Å². The van der Waals surface area contributed by atoms with Crippen molar-refractivity contribution in [1.29, 1.82) is 0 Å². The second kappa shape index (κ2) is 3.81. The molecule has 0 saturated heterocycles. The molecule has 5 nitrogen and oxygen atoms in total. The van der Waals surface area contributed by atoms with E-state index in [2.05, 4.69) is 9.55 Å². The number of hydrazine groups is 1. The summed E-state index contributed by atoms with van der Waals surface area (Å²) in [5.41, 5.74) is 2.64. The zero-order valence-corrected chi connectivity index (χ0v) is 11.5. The van der Waals surface area contributed by atoms with Crippen LogP contribution in [0, 0.1) is 6.92 Å². The first-order chi connectivity index (χ1) is 8.95. The summed E-state index contributed by atoms with van der Waals surface area (Å²) in [5.74, 6) is 6.56. The van der Waals surface area contributed by atoms with E-state index in [-0.39, 0.29) is 5.91 Å². The van der Waals surface area contributed by atoms with Gasteiger partial charge in [0.2, 0.25) is 5.91 Å². The van der Waals surface area contributed by atoms with E-state index in [1.54, 1.807) is 7.05 Å². The standard InChI is InChI=1S/C14H18N4O/c1-9-16-11-8-10(4-5-12(11)17(9)2)14(6-7-14)13(19)18(3)15/h4-5,8H,6-7,15H2,1-3H3. The Morgan fingerprint density at radius 1 is 1.47 bits per heavy atom. The third kappa shape index (κ3) is 1.65. The number of nitrogens with zero attached hydrogens (tertiary/aromatic N) is 3. The molecule has 0 bridgehead atoms. The zero-order valence-electron chi connectivity index (χ0n) is 11.5. The molecule has 1 aromatic heterocycles. The first kappa shape index (κ1) is 12.2. The third-order valence-electron chi connectivity index (χ3n) is 4.14. The SMILES string of the molecule is Cc1nc2cc(C3(C(=O)N(C)N)CC3)ccc2n1C. The summed E-state index contributed by atoms with van der Waals surface area (Å²) in [7, 11) is 3.60. The van der Waals surface area contributed by atoms with Crippen molar-refractivity contribution >= 4 is 16.9 Å². The van der Waals surface area contributed by atoms with Gasteiger partial charge < -0.3 is 4.57 Å². The number of benzene rings is 1. The minimum Gasteiger partial charge on any atom is -0.331 e. The van der Waals surface area contributed by atoms with Crippen LogP contribution < -0.4 is 5.84 Å². The number of aryl methyl sites for hydroxylation is 2. The minimum absolute atomic E-state index is 0.0143. The Bertz CT molecular complexity index is 667. The van der Waals surface area contributed by atoms with Gasteiger partial charge in [0.25, 0.3) is 0 Å². The number of hydrogen-bond donors (Lipinski definition) is 1. The molecule has 1 aromatic carbocycles. The molecule has 1 heterocycles. The van der Waals surface area contributed by atoms with Crippen LogP contribution in [0.5, 0.6) is 0 Å². The number of hydrogen-bond acceptors (Lipinski definition) is 3. The first-order valence-electron chi connectivity index (χ1n) is 6.42. The van der Waals surface area contributed by atoms with Gasteiger partial charge in [0, 0.05) is 14.1 Å². The van der Waals surface area contributed by atoms with Gasteiger partial charge >= 0.3 is 0 Å². The molecule has 1 saturated carbocycles. The maximum atomic E-state index is 12.2. The Kier molecular flexibility index (Phi) is 2.44. The Morgan fingerprint density at radius 2 is 2.16 bits per heavy atom. The number of nitrogens with two attached hydrogens (primary N) is 1. The molecule has 0 spiro atoms. The molecule has 0 radical (unpaired) electrons. The summed E-state index contributed by atoms with van der Waals surface area (Å²) in [6.45, 7) is 1.98. The van der Waals surface area contributed by atoms with Gasteiger partial charge in [0.15, 0.2) is 0 Å². The van der Waals surface area contributed by atoms with Gasteiger partial charge in [-0.15, -0.1) is 0 Å². The van der Waals surface area contributed by atoms with E-state index in [0.717, 1.165) is 35.3 Å². The van der Waals surface area contributed by atoms with Crippen molar-refractivity contribution in [2.75, 3.05) is 7.05 Å². The van der Waals surface area contributed by atoms with Crippen molar-refractivity contribution in [1.82, 2.24) is 14.6 Å². The Balaban J connectivity index is 2.09. The van der Waals surface area contributed by atoms with Crippen LogP contribution in [-0.2, 0) is 17.3 Å². The molecule has 1 amide bonds. The highest BCUT2D eigenvalue weighted by Crippen LogP contribution is 2.49. The maximum Gasteiger partial charge on any atom is 0.246 e. The van der Waals surface area contributed by atoms with E-state index in [1.807, 2.05) is 32.2 Å². The number of likely N-dealkylation sites (N-methyl/N-ethyl adjacent to an activating group) is 1. The summed E-state index contributed by atoms with van der Waals surface area (Å²) in [5, 5.41) is 1.20. The average Bonchev–Trinajstić information content (AvgIpc) is 3.13. The molecule has 2 aromatic rings. The van der Waals surface area contributed by atoms with Crippen LogP contribution in [0.2, 0.25) is 0 Å². The Labute approximate surface area is 112 Å². The molecule has 0 aliphatic heterocycles. The highest BCUT2D eigenvalue weighted by atomic mass is 16.2. The quantitative estimate of drug-likeness (QED) is 0.501. The van der Waals surface area contributed by atoms with E-state index in [1.165, 1.54) is 5.01 Å². The van der Waals surface area contributed by atoms with Crippen molar-refractivity contribution < 1.29 is 4.79 Å². The molecule has 3 rings (SSSR count). The van der Waals surface area contributed by atoms with Crippen molar-refractivity contribution in [3.8, 4) is 0 Å². The van der Waals surface area contributed by atoms with Crippen molar-refractivity contribution in [3.63, 3.8) is 0 Å². The summed E-state index contributed by atoms with van der Waals surface area (Å²) in [6.07, 6.45) is 1.73. The summed E-state index contributed by atoms with van der Waals surface area (Å²) in [4.78, 5) is 16.7. The van der Waals surface area contributed by atoms with Crippen LogP contribution in [-0.4, -0.2) is 27.5 Å². The van der Waals surface area contributed by atoms with E-state index in [4.69, 9.17) is 5.84 Å². The average molecular weight is 258 g/mol. The molecule has 100 valence electrons. The predicted octanol–water partition coefficient (Wildman–Crippen LogP) is 1.25. The lowest BCUT2D eigenvalue weighted by atomic mass is 9.94. The van der Waals surface area contributed by atoms with Gasteiger partial charge in [-0.05, 0) is 37.5 Å². The van der Waals surface area contributed by atoms with Crippen molar-refractivity contribution in [3.05, 3.63) is 29.6 Å². The topological polar surface area (TPSA) is 64.2 Å². The van der Waals surface area contributed by atoms with E-state index < -0.39 is 5.41 Å². The number of carbonyl (C=O) groups is 1. The van der Waals surface area contributed by atoms with E-state index >= 15 is 0 Å². The Hall–Kier alpha value is -1.88. The molecular formula is C14H18N4O. The van der Waals surface area contributed by atoms with Gasteiger partial charge in [-0.2, -0.15) is 0 Å². The fraction of sp³-hybridized carbons (Fsp3) is 0.429. The van der Waals surface area contributed by atoms with Gasteiger partial charge in [-0.25, -0.2) is 10.8 Å². The molecule has 2 N–H and O–H groups in total. The first-order valence-corrected chi connectivity index (χ1v) is 6.42. The molecule has 1 aliphatic carbocycles. The van der Waals surface area contributed by atoms with Crippen molar-refractivity contribution in [2.24, 2.45) is 12.9 Å². The van der Waals surface area contributed by atoms with Crippen LogP contribution in [0.1, 0.15) is 24.2 Å². The molecule has 5 heteroatoms. The highest BCUT2D eigenvalue weighted by Gasteiger charge is 2.52. The fourth-order valence-corrected chi connectivity index (χ4v) is 2.71. The van der Waals surface area contributed by atoms with Crippen LogP contribution >= 0.6 is 0 Å². The van der Waals surface area contributed by atoms with Gasteiger partial charge in [-0.1, -0.05) is 6.07 Å². The number of fused-ring (bicyclic) bond motifs is 1. The lowest BCUT2D eigenvalue weighted by Gasteiger charge is -2.19. The van der Waals surface area contributed by atoms with E-state index in [0.29, 0.717) is 0 Å². The zero-order chi connectivity index (χ0) is 13.8. The van der Waals surface area contributed by atoms with Crippen molar-refractivity contribution in [2.45, 2.75) is 25.2 Å². The normalized spacial score (nSPS) is 16.6. The largest absolute Gasteiger partial charge is 0.331 e. The highest BCUT2D eigenvalue weighted by molar-refractivity contribution is 5.92. The van der Waals surface area contributed by atoms with Gasteiger partial charge in [-0.3, -0.25) is 9.80 Å². The number of carbonyl (C=O) groups excluding carboxylic acids is 1. The Morgan fingerprint density at radius 3 is 2.74 bits per heavy atom. The summed E-state index contributed by atoms with van der Waals surface area (Å²) >= 11 is 0. The summed E-state index contributed by atoms with van der Waals surface area (Å²) in [6, 6.07) is 6.09. The molecule has 1 fully saturated rings. The monoisotopic (exact) mass is 258 g/mol. The van der Waals surface area contributed by atoms with Crippen LogP contribution in [0.15, 0.2) is 18.2 Å². The summed E-state index contributed by atoms with van der Waals surface area (Å²) < 4.78 is 2.05. The lowest BCUT2D eigenvalue weighted by molar-refractivity contribution is -0.132. The number of amides is 1. The molecule has 0 atom stereocenters. The van der Waals surface area contributed by atoms with Crippen LogP contribution in [0.3, 0.4) is 0 Å². The number of rotatable bonds is 2. The van der Waals surface area contributed by atoms with Gasteiger partial charge in [0.05, 0.1) is 16.4 Å². The second-order valence-corrected chi connectivity index (χ2v) is 5.42.